The van der Waals surface area contributed by atoms with Gasteiger partial charge >= 0.3 is 0 Å². The van der Waals surface area contributed by atoms with Crippen molar-refractivity contribution in [3.05, 3.63) is 58.4 Å². The summed E-state index contributed by atoms with van der Waals surface area (Å²) in [6.07, 6.45) is 1.09. The molecule has 0 bridgehead atoms. The van der Waals surface area contributed by atoms with Crippen molar-refractivity contribution in [1.29, 1.82) is 0 Å². The molecule has 0 aliphatic rings. The van der Waals surface area contributed by atoms with E-state index < -0.39 is 0 Å². The molecule has 0 atom stereocenters. The normalized spacial score (nSPS) is 10.3. The van der Waals surface area contributed by atoms with Gasteiger partial charge < -0.3 is 19.7 Å². The lowest BCUT2D eigenvalue weighted by Crippen LogP contribution is -2.27. The molecule has 170 valence electrons. The molecule has 8 heteroatoms. The smallest absolute Gasteiger partial charge is 0.180 e. The van der Waals surface area contributed by atoms with Crippen molar-refractivity contribution in [2.45, 2.75) is 33.4 Å². The van der Waals surface area contributed by atoms with Crippen LogP contribution < -0.4 is 14.8 Å². The van der Waals surface area contributed by atoms with E-state index in [-0.39, 0.29) is 37.2 Å². The summed E-state index contributed by atoms with van der Waals surface area (Å²) >= 11 is 6.41. The monoisotopic (exact) mass is 480 g/mol. The number of rotatable bonds is 12. The minimum absolute atomic E-state index is 0. The van der Waals surface area contributed by atoms with E-state index in [4.69, 9.17) is 21.1 Å². The van der Waals surface area contributed by atoms with Crippen molar-refractivity contribution in [3.63, 3.8) is 0 Å². The fourth-order valence-electron chi connectivity index (χ4n) is 2.98. The third-order valence-corrected chi connectivity index (χ3v) is 4.95. The summed E-state index contributed by atoms with van der Waals surface area (Å²) < 4.78 is 25.0. The number of nitrogens with one attached hydrogen (secondary N) is 1. The topological polar surface area (TPSA) is 33.7 Å². The van der Waals surface area contributed by atoms with Crippen molar-refractivity contribution < 1.29 is 13.9 Å². The van der Waals surface area contributed by atoms with Crippen LogP contribution in [0.25, 0.3) is 0 Å². The third-order valence-electron chi connectivity index (χ3n) is 4.67. The van der Waals surface area contributed by atoms with Gasteiger partial charge in [-0.2, -0.15) is 0 Å². The molecule has 0 heterocycles. The van der Waals surface area contributed by atoms with Crippen LogP contribution in [-0.4, -0.2) is 38.2 Å². The van der Waals surface area contributed by atoms with Crippen LogP contribution in [0, 0.1) is 5.82 Å². The summed E-state index contributed by atoms with van der Waals surface area (Å²) in [6.45, 7) is 9.33. The first-order valence-corrected chi connectivity index (χ1v) is 10.1. The molecule has 0 spiro atoms. The van der Waals surface area contributed by atoms with Crippen molar-refractivity contribution in [1.82, 2.24) is 10.2 Å². The number of ether oxygens (including phenoxy) is 2. The second-order valence-electron chi connectivity index (χ2n) is 6.55. The Hall–Kier alpha value is -1.24. The fraction of sp³-hybridized carbons (Fsp3) is 0.455. The van der Waals surface area contributed by atoms with Crippen LogP contribution in [-0.2, 0) is 13.2 Å². The summed E-state index contributed by atoms with van der Waals surface area (Å²) in [5, 5.41) is 3.89. The predicted molar refractivity (Wildman–Crippen MR) is 127 cm³/mol. The van der Waals surface area contributed by atoms with Crippen molar-refractivity contribution in [2.24, 2.45) is 0 Å². The highest BCUT2D eigenvalue weighted by Gasteiger charge is 2.13. The maximum Gasteiger partial charge on any atom is 0.180 e. The molecule has 0 aliphatic carbocycles. The number of halogens is 4. The van der Waals surface area contributed by atoms with E-state index in [1.165, 1.54) is 6.07 Å². The quantitative estimate of drug-likeness (QED) is 0.392. The summed E-state index contributed by atoms with van der Waals surface area (Å²) in [4.78, 5) is 2.41. The molecule has 4 nitrogen and oxygen atoms in total. The van der Waals surface area contributed by atoms with E-state index in [1.807, 2.05) is 12.1 Å². The van der Waals surface area contributed by atoms with Crippen LogP contribution in [0.3, 0.4) is 0 Å². The molecular weight excluding hydrogens is 450 g/mol. The standard InChI is InChI=1S/C22H30ClFN2O2.2ClH/c1-4-26(5-2)12-8-11-25-15-17-13-19(23)22(21(14-17)27-3)28-16-18-9-6-7-10-20(18)24;;/h6-7,9-10,13-14,25H,4-5,8,11-12,15-16H2,1-3H3;2*1H. The maximum atomic E-state index is 13.8. The van der Waals surface area contributed by atoms with Gasteiger partial charge in [0, 0.05) is 12.1 Å². The molecule has 0 aliphatic heterocycles. The maximum absolute atomic E-state index is 13.8. The second kappa shape index (κ2) is 15.5. The Balaban J connectivity index is 0.00000420. The highest BCUT2D eigenvalue weighted by atomic mass is 35.5. The number of methoxy groups -OCH3 is 1. The molecule has 0 saturated carbocycles. The number of nitrogens with zero attached hydrogens (tertiary/aromatic N) is 1. The van der Waals surface area contributed by atoms with Gasteiger partial charge in [-0.3, -0.25) is 0 Å². The molecule has 0 aromatic heterocycles. The predicted octanol–water partition coefficient (Wildman–Crippen LogP) is 5.73. The summed E-state index contributed by atoms with van der Waals surface area (Å²) in [5.41, 5.74) is 1.49. The highest BCUT2D eigenvalue weighted by Crippen LogP contribution is 2.37. The van der Waals surface area contributed by atoms with Gasteiger partial charge in [0.2, 0.25) is 0 Å². The van der Waals surface area contributed by atoms with E-state index in [9.17, 15) is 4.39 Å². The van der Waals surface area contributed by atoms with Gasteiger partial charge in [0.25, 0.3) is 0 Å². The first-order valence-electron chi connectivity index (χ1n) is 9.74. The Labute approximate surface area is 196 Å². The molecule has 0 unspecified atom stereocenters. The van der Waals surface area contributed by atoms with Crippen LogP contribution in [0.15, 0.2) is 36.4 Å². The molecule has 0 amide bonds. The molecule has 2 aromatic rings. The van der Waals surface area contributed by atoms with Crippen LogP contribution in [0.4, 0.5) is 4.39 Å². The van der Waals surface area contributed by atoms with Crippen molar-refractivity contribution in [2.75, 3.05) is 33.3 Å². The lowest BCUT2D eigenvalue weighted by atomic mass is 10.2. The van der Waals surface area contributed by atoms with Gasteiger partial charge in [0.1, 0.15) is 12.4 Å². The van der Waals surface area contributed by atoms with Crippen LogP contribution in [0.2, 0.25) is 5.02 Å². The molecular formula is C22H32Cl3FN2O2. The van der Waals surface area contributed by atoms with Crippen molar-refractivity contribution in [3.8, 4) is 11.5 Å². The molecule has 0 saturated heterocycles. The second-order valence-corrected chi connectivity index (χ2v) is 6.95. The lowest BCUT2D eigenvalue weighted by Gasteiger charge is -2.18. The third kappa shape index (κ3) is 8.86. The Morgan fingerprint density at radius 3 is 2.43 bits per heavy atom. The minimum Gasteiger partial charge on any atom is -0.493 e. The summed E-state index contributed by atoms with van der Waals surface area (Å²) in [5.74, 6) is 0.671. The zero-order valence-electron chi connectivity index (χ0n) is 17.7. The number of hydrogen-bond donors (Lipinski definition) is 1. The van der Waals surface area contributed by atoms with E-state index in [0.29, 0.717) is 28.6 Å². The highest BCUT2D eigenvalue weighted by molar-refractivity contribution is 6.32. The number of hydrogen-bond acceptors (Lipinski definition) is 4. The van der Waals surface area contributed by atoms with Gasteiger partial charge in [-0.1, -0.05) is 43.6 Å². The van der Waals surface area contributed by atoms with E-state index in [0.717, 1.165) is 38.2 Å². The van der Waals surface area contributed by atoms with Gasteiger partial charge in [-0.05, 0) is 56.4 Å². The van der Waals surface area contributed by atoms with Crippen molar-refractivity contribution >= 4 is 36.4 Å². The van der Waals surface area contributed by atoms with Gasteiger partial charge in [-0.15, -0.1) is 24.8 Å². The Bertz CT molecular complexity index is 746. The van der Waals surface area contributed by atoms with E-state index in [1.54, 1.807) is 25.3 Å². The zero-order valence-corrected chi connectivity index (χ0v) is 20.1. The first-order chi connectivity index (χ1) is 13.6. The zero-order chi connectivity index (χ0) is 20.4. The van der Waals surface area contributed by atoms with Crippen LogP contribution in [0.5, 0.6) is 11.5 Å². The van der Waals surface area contributed by atoms with E-state index >= 15 is 0 Å². The molecule has 0 fully saturated rings. The Morgan fingerprint density at radius 1 is 1.10 bits per heavy atom. The number of benzene rings is 2. The van der Waals surface area contributed by atoms with Crippen LogP contribution >= 0.6 is 36.4 Å². The van der Waals surface area contributed by atoms with Crippen LogP contribution in [0.1, 0.15) is 31.4 Å². The fourth-order valence-corrected chi connectivity index (χ4v) is 3.27. The lowest BCUT2D eigenvalue weighted by molar-refractivity contribution is 0.279. The first kappa shape index (κ1) is 28.8. The molecule has 2 aromatic carbocycles. The van der Waals surface area contributed by atoms with Gasteiger partial charge in [0.15, 0.2) is 11.5 Å². The molecule has 1 N–H and O–H groups in total. The van der Waals surface area contributed by atoms with E-state index in [2.05, 4.69) is 24.1 Å². The average Bonchev–Trinajstić information content (AvgIpc) is 2.70. The molecule has 0 radical (unpaired) electrons. The minimum atomic E-state index is -0.303. The molecule has 2 rings (SSSR count). The summed E-state index contributed by atoms with van der Waals surface area (Å²) in [6, 6.07) is 10.3. The Kier molecular flexibility index (Phi) is 14.9. The Morgan fingerprint density at radius 2 is 1.80 bits per heavy atom. The largest absolute Gasteiger partial charge is 0.493 e. The summed E-state index contributed by atoms with van der Waals surface area (Å²) in [7, 11) is 1.57. The SMILES string of the molecule is CCN(CC)CCCNCc1cc(Cl)c(OCc2ccccc2F)c(OC)c1.Cl.Cl. The average molecular weight is 482 g/mol. The van der Waals surface area contributed by atoms with Gasteiger partial charge in [-0.25, -0.2) is 4.39 Å². The molecule has 30 heavy (non-hydrogen) atoms. The van der Waals surface area contributed by atoms with Gasteiger partial charge in [0.05, 0.1) is 12.1 Å².